The maximum absolute atomic E-state index is 13.2. The van der Waals surface area contributed by atoms with Crippen LogP contribution in [0.1, 0.15) is 17.8 Å². The maximum Gasteiger partial charge on any atom is 0.345 e. The molecule has 1 aliphatic rings. The molecule has 8 heteroatoms. The van der Waals surface area contributed by atoms with E-state index in [1.165, 1.54) is 23.1 Å². The van der Waals surface area contributed by atoms with Gasteiger partial charge in [0, 0.05) is 6.20 Å². The number of thioether (sulfide) groups is 1. The topological polar surface area (TPSA) is 61.8 Å². The zero-order valence-corrected chi connectivity index (χ0v) is 15.7. The minimum absolute atomic E-state index is 0.154. The fraction of sp³-hybridized carbons (Fsp3) is 0.235. The van der Waals surface area contributed by atoms with Gasteiger partial charge in [0.2, 0.25) is 0 Å². The van der Waals surface area contributed by atoms with Crippen molar-refractivity contribution in [1.82, 2.24) is 9.55 Å². The Labute approximate surface area is 157 Å². The van der Waals surface area contributed by atoms with Crippen LogP contribution < -0.4 is 15.2 Å². The van der Waals surface area contributed by atoms with Crippen molar-refractivity contribution in [3.63, 3.8) is 0 Å². The van der Waals surface area contributed by atoms with E-state index in [1.54, 1.807) is 27.5 Å². The summed E-state index contributed by atoms with van der Waals surface area (Å²) in [7, 11) is 0. The molecule has 0 fully saturated rings. The highest BCUT2D eigenvalue weighted by Crippen LogP contribution is 2.38. The molecule has 1 aliphatic heterocycles. The van der Waals surface area contributed by atoms with E-state index in [9.17, 15) is 9.90 Å². The van der Waals surface area contributed by atoms with E-state index in [1.807, 2.05) is 25.1 Å². The molecule has 0 saturated carbocycles. The van der Waals surface area contributed by atoms with E-state index >= 15 is 0 Å². The molecule has 128 valence electrons. The molecule has 0 aliphatic carbocycles. The van der Waals surface area contributed by atoms with Gasteiger partial charge in [0.25, 0.3) is 0 Å². The minimum Gasteiger partial charge on any atom is -0.842 e. The number of fused-ring (bicyclic) bond motifs is 1. The summed E-state index contributed by atoms with van der Waals surface area (Å²) in [5.74, 6) is 0.450. The highest BCUT2D eigenvalue weighted by molar-refractivity contribution is 7.99. The van der Waals surface area contributed by atoms with Crippen molar-refractivity contribution in [3.05, 3.63) is 56.2 Å². The molecule has 0 radical (unpaired) electrons. The molecule has 3 aromatic rings. The molecule has 1 aromatic carbocycles. The Morgan fingerprint density at radius 1 is 1.40 bits per heavy atom. The number of aromatic nitrogens is 3. The second kappa shape index (κ2) is 6.48. The number of nitrogens with zero attached hydrogens (tertiary/aromatic N) is 3. The SMILES string of the molecule is CC[n+]1c([O-])c(-c2ccccc2)c(=O)n2c1SCC2c1cnc(Cl)s1. The van der Waals surface area contributed by atoms with Crippen LogP contribution in [0.4, 0.5) is 0 Å². The molecule has 1 atom stereocenters. The van der Waals surface area contributed by atoms with Crippen LogP contribution in [0, 0.1) is 0 Å². The van der Waals surface area contributed by atoms with Gasteiger partial charge in [-0.05, 0) is 24.2 Å². The molecule has 25 heavy (non-hydrogen) atoms. The van der Waals surface area contributed by atoms with Crippen LogP contribution >= 0.6 is 34.7 Å². The lowest BCUT2D eigenvalue weighted by Gasteiger charge is -2.17. The van der Waals surface area contributed by atoms with E-state index in [-0.39, 0.29) is 23.0 Å². The van der Waals surface area contributed by atoms with Gasteiger partial charge in [0.05, 0.1) is 23.1 Å². The molecule has 2 aromatic heterocycles. The summed E-state index contributed by atoms with van der Waals surface area (Å²) in [5.41, 5.74) is 0.609. The molecule has 4 rings (SSSR count). The lowest BCUT2D eigenvalue weighted by molar-refractivity contribution is -0.768. The zero-order chi connectivity index (χ0) is 17.6. The van der Waals surface area contributed by atoms with Crippen molar-refractivity contribution < 1.29 is 9.67 Å². The Hall–Kier alpha value is -1.83. The standard InChI is InChI=1S/C17H14ClN3O2S2/c1-2-20-14(22)13(10-6-4-3-5-7-10)15(23)21-11(9-24-17(20)21)12-8-19-16(18)25-12/h3-8,11H,2,9H2,1H3. The van der Waals surface area contributed by atoms with Gasteiger partial charge in [-0.25, -0.2) is 14.3 Å². The van der Waals surface area contributed by atoms with Gasteiger partial charge in [-0.2, -0.15) is 4.57 Å². The first-order chi connectivity index (χ1) is 12.1. The minimum atomic E-state index is -0.254. The average molecular weight is 392 g/mol. The third kappa shape index (κ3) is 2.67. The largest absolute Gasteiger partial charge is 0.842 e. The molecule has 0 spiro atoms. The van der Waals surface area contributed by atoms with Crippen LogP contribution in [0.2, 0.25) is 4.47 Å². The summed E-state index contributed by atoms with van der Waals surface area (Å²) in [6, 6.07) is 8.97. The van der Waals surface area contributed by atoms with E-state index < -0.39 is 0 Å². The summed E-state index contributed by atoms with van der Waals surface area (Å²) in [4.78, 5) is 18.3. The van der Waals surface area contributed by atoms with Crippen LogP contribution in [0.25, 0.3) is 11.1 Å². The first-order valence-electron chi connectivity index (χ1n) is 7.80. The summed E-state index contributed by atoms with van der Waals surface area (Å²) >= 11 is 8.87. The van der Waals surface area contributed by atoms with Crippen LogP contribution in [-0.2, 0) is 6.54 Å². The summed E-state index contributed by atoms with van der Waals surface area (Å²) < 4.78 is 3.85. The monoisotopic (exact) mass is 391 g/mol. The number of thiazole rings is 1. The van der Waals surface area contributed by atoms with Crippen LogP contribution in [0.15, 0.2) is 46.5 Å². The van der Waals surface area contributed by atoms with E-state index in [0.29, 0.717) is 27.5 Å². The van der Waals surface area contributed by atoms with Gasteiger partial charge >= 0.3 is 10.7 Å². The predicted molar refractivity (Wildman–Crippen MR) is 97.4 cm³/mol. The molecular weight excluding hydrogens is 378 g/mol. The van der Waals surface area contributed by atoms with Gasteiger partial charge in [-0.3, -0.25) is 0 Å². The predicted octanol–water partition coefficient (Wildman–Crippen LogP) is 2.70. The highest BCUT2D eigenvalue weighted by Gasteiger charge is 2.38. The van der Waals surface area contributed by atoms with Gasteiger partial charge in [0.1, 0.15) is 5.56 Å². The Balaban J connectivity index is 1.99. The Morgan fingerprint density at radius 3 is 2.80 bits per heavy atom. The first-order valence-corrected chi connectivity index (χ1v) is 9.98. The number of hydrogen-bond donors (Lipinski definition) is 0. The third-order valence-corrected chi connectivity index (χ3v) is 6.59. The molecule has 0 saturated heterocycles. The molecule has 5 nitrogen and oxygen atoms in total. The number of benzene rings is 1. The lowest BCUT2D eigenvalue weighted by Crippen LogP contribution is -2.45. The van der Waals surface area contributed by atoms with Crippen molar-refractivity contribution >= 4 is 34.7 Å². The van der Waals surface area contributed by atoms with Crippen LogP contribution in [0.3, 0.4) is 0 Å². The summed E-state index contributed by atoms with van der Waals surface area (Å²) in [6.45, 7) is 2.43. The number of halogens is 1. The molecule has 0 amide bonds. The van der Waals surface area contributed by atoms with Crippen molar-refractivity contribution in [2.75, 3.05) is 5.75 Å². The van der Waals surface area contributed by atoms with Crippen molar-refractivity contribution in [2.45, 2.75) is 24.7 Å². The van der Waals surface area contributed by atoms with Gasteiger partial charge in [-0.15, -0.1) is 11.3 Å². The average Bonchev–Trinajstić information content (AvgIpc) is 3.23. The summed E-state index contributed by atoms with van der Waals surface area (Å²) in [5, 5.41) is 13.6. The van der Waals surface area contributed by atoms with E-state index in [4.69, 9.17) is 11.6 Å². The molecule has 1 unspecified atom stereocenters. The lowest BCUT2D eigenvalue weighted by atomic mass is 10.1. The maximum atomic E-state index is 13.2. The second-order valence-corrected chi connectivity index (χ2v) is 8.22. The van der Waals surface area contributed by atoms with Crippen LogP contribution in [0.5, 0.6) is 5.88 Å². The fourth-order valence-corrected chi connectivity index (χ4v) is 5.56. The Morgan fingerprint density at radius 2 is 2.16 bits per heavy atom. The van der Waals surface area contributed by atoms with Crippen molar-refractivity contribution in [2.24, 2.45) is 0 Å². The Kier molecular flexibility index (Phi) is 4.31. The van der Waals surface area contributed by atoms with E-state index in [0.717, 1.165) is 4.88 Å². The van der Waals surface area contributed by atoms with Gasteiger partial charge in [0.15, 0.2) is 10.5 Å². The Bertz CT molecular complexity index is 1000. The number of hydrogen-bond acceptors (Lipinski definition) is 5. The summed E-state index contributed by atoms with van der Waals surface area (Å²) in [6.07, 6.45) is 1.71. The first kappa shape index (κ1) is 16.6. The number of rotatable bonds is 3. The molecule has 3 heterocycles. The van der Waals surface area contributed by atoms with Gasteiger partial charge < -0.3 is 5.11 Å². The third-order valence-electron chi connectivity index (χ3n) is 4.21. The molecule has 0 N–H and O–H groups in total. The van der Waals surface area contributed by atoms with E-state index in [2.05, 4.69) is 4.98 Å². The fourth-order valence-electron chi connectivity index (χ4n) is 3.06. The molecule has 0 bridgehead atoms. The van der Waals surface area contributed by atoms with Crippen LogP contribution in [-0.4, -0.2) is 15.3 Å². The quantitative estimate of drug-likeness (QED) is 0.508. The highest BCUT2D eigenvalue weighted by atomic mass is 35.5. The second-order valence-electron chi connectivity index (χ2n) is 5.59. The molecular formula is C17H14ClN3O2S2. The van der Waals surface area contributed by atoms with Crippen molar-refractivity contribution in [3.8, 4) is 17.0 Å². The van der Waals surface area contributed by atoms with Gasteiger partial charge in [-0.1, -0.05) is 41.9 Å². The smallest absolute Gasteiger partial charge is 0.345 e. The zero-order valence-electron chi connectivity index (χ0n) is 13.3. The normalized spacial score (nSPS) is 16.2. The van der Waals surface area contributed by atoms with Crippen molar-refractivity contribution in [1.29, 1.82) is 0 Å².